The quantitative estimate of drug-likeness (QED) is 0.907. The van der Waals surface area contributed by atoms with Crippen molar-refractivity contribution < 1.29 is 27.9 Å². The van der Waals surface area contributed by atoms with E-state index in [0.717, 1.165) is 12.1 Å². The van der Waals surface area contributed by atoms with Crippen LogP contribution in [-0.2, 0) is 11.3 Å². The summed E-state index contributed by atoms with van der Waals surface area (Å²) in [6, 6.07) is 2.79. The van der Waals surface area contributed by atoms with Gasteiger partial charge in [-0.3, -0.25) is 4.79 Å². The molecule has 2 unspecified atom stereocenters. The van der Waals surface area contributed by atoms with Gasteiger partial charge in [0.25, 0.3) is 17.6 Å². The van der Waals surface area contributed by atoms with Crippen molar-refractivity contribution in [2.75, 3.05) is 13.7 Å². The van der Waals surface area contributed by atoms with Crippen molar-refractivity contribution in [3.63, 3.8) is 0 Å². The van der Waals surface area contributed by atoms with E-state index in [0.29, 0.717) is 5.56 Å². The standard InChI is InChI=1S/C15H15F2N3O4/c1-23-7-13-18-14(19-24-13)15(22)20-6-9(21)5-12(20)8-2-3-10(16)11(17)4-8/h2-4,9,12,21H,5-7H2,1H3. The molecule has 1 aliphatic heterocycles. The number of nitrogens with zero attached hydrogens (tertiary/aromatic N) is 3. The zero-order valence-electron chi connectivity index (χ0n) is 12.8. The van der Waals surface area contributed by atoms with Crippen molar-refractivity contribution in [1.29, 1.82) is 0 Å². The van der Waals surface area contributed by atoms with Gasteiger partial charge < -0.3 is 19.3 Å². The summed E-state index contributed by atoms with van der Waals surface area (Å²) < 4.78 is 36.3. The molecule has 2 heterocycles. The van der Waals surface area contributed by atoms with Gasteiger partial charge >= 0.3 is 0 Å². The lowest BCUT2D eigenvalue weighted by Crippen LogP contribution is -2.32. The summed E-state index contributed by atoms with van der Waals surface area (Å²) in [7, 11) is 1.45. The highest BCUT2D eigenvalue weighted by Crippen LogP contribution is 2.33. The van der Waals surface area contributed by atoms with Gasteiger partial charge in [0.15, 0.2) is 11.6 Å². The Morgan fingerprint density at radius 1 is 1.46 bits per heavy atom. The predicted molar refractivity (Wildman–Crippen MR) is 75.8 cm³/mol. The van der Waals surface area contributed by atoms with Gasteiger partial charge in [-0.05, 0) is 24.1 Å². The van der Waals surface area contributed by atoms with Crippen LogP contribution in [0.4, 0.5) is 8.78 Å². The molecular formula is C15H15F2N3O4. The van der Waals surface area contributed by atoms with Gasteiger partial charge in [0.05, 0.1) is 12.1 Å². The van der Waals surface area contributed by atoms with Gasteiger partial charge in [-0.15, -0.1) is 0 Å². The number of halogens is 2. The second kappa shape index (κ2) is 6.62. The summed E-state index contributed by atoms with van der Waals surface area (Å²) >= 11 is 0. The molecule has 1 saturated heterocycles. The Bertz CT molecular complexity index is 752. The molecule has 1 aliphatic rings. The fraction of sp³-hybridized carbons (Fsp3) is 0.400. The molecule has 2 aromatic rings. The Morgan fingerprint density at radius 2 is 2.25 bits per heavy atom. The maximum atomic E-state index is 13.5. The van der Waals surface area contributed by atoms with Crippen molar-refractivity contribution >= 4 is 5.91 Å². The van der Waals surface area contributed by atoms with Crippen LogP contribution in [-0.4, -0.2) is 45.8 Å². The first-order valence-electron chi connectivity index (χ1n) is 7.25. The second-order valence-electron chi connectivity index (χ2n) is 5.48. The highest BCUT2D eigenvalue weighted by molar-refractivity contribution is 5.90. The zero-order valence-corrected chi connectivity index (χ0v) is 12.8. The number of carbonyl (C=O) groups is 1. The summed E-state index contributed by atoms with van der Waals surface area (Å²) in [5.41, 5.74) is 0.388. The normalized spacial score (nSPS) is 20.6. The van der Waals surface area contributed by atoms with E-state index in [4.69, 9.17) is 9.26 Å². The maximum Gasteiger partial charge on any atom is 0.295 e. The lowest BCUT2D eigenvalue weighted by molar-refractivity contribution is 0.0699. The molecular weight excluding hydrogens is 324 g/mol. The smallest absolute Gasteiger partial charge is 0.295 e. The largest absolute Gasteiger partial charge is 0.391 e. The van der Waals surface area contributed by atoms with Crippen molar-refractivity contribution in [1.82, 2.24) is 15.0 Å². The maximum absolute atomic E-state index is 13.5. The Kier molecular flexibility index (Phi) is 4.54. The summed E-state index contributed by atoms with van der Waals surface area (Å²) in [6.07, 6.45) is -0.572. The molecule has 0 radical (unpaired) electrons. The number of likely N-dealkylation sites (tertiary alicyclic amines) is 1. The second-order valence-corrected chi connectivity index (χ2v) is 5.48. The molecule has 1 amide bonds. The summed E-state index contributed by atoms with van der Waals surface area (Å²) in [4.78, 5) is 17.8. The van der Waals surface area contributed by atoms with Crippen molar-refractivity contribution in [3.05, 3.63) is 47.1 Å². The van der Waals surface area contributed by atoms with E-state index in [1.807, 2.05) is 0 Å². The van der Waals surface area contributed by atoms with Crippen LogP contribution in [0.15, 0.2) is 22.7 Å². The fourth-order valence-corrected chi connectivity index (χ4v) is 2.73. The predicted octanol–water partition coefficient (Wildman–Crippen LogP) is 1.44. The third kappa shape index (κ3) is 3.13. The van der Waals surface area contributed by atoms with Crippen LogP contribution in [0.25, 0.3) is 0 Å². The van der Waals surface area contributed by atoms with Crippen molar-refractivity contribution in [3.8, 4) is 0 Å². The number of ether oxygens (including phenoxy) is 1. The van der Waals surface area contributed by atoms with Crippen LogP contribution in [0.5, 0.6) is 0 Å². The zero-order chi connectivity index (χ0) is 17.3. The van der Waals surface area contributed by atoms with Gasteiger partial charge in [-0.2, -0.15) is 4.98 Å². The van der Waals surface area contributed by atoms with Gasteiger partial charge in [-0.1, -0.05) is 11.2 Å². The molecule has 1 aromatic heterocycles. The molecule has 1 N–H and O–H groups in total. The molecule has 0 bridgehead atoms. The molecule has 7 nitrogen and oxygen atoms in total. The highest BCUT2D eigenvalue weighted by atomic mass is 19.2. The lowest BCUT2D eigenvalue weighted by Gasteiger charge is -2.23. The minimum atomic E-state index is -1.01. The fourth-order valence-electron chi connectivity index (χ4n) is 2.73. The van der Waals surface area contributed by atoms with Gasteiger partial charge in [0.2, 0.25) is 0 Å². The SMILES string of the molecule is COCc1nc(C(=O)N2CC(O)CC2c2ccc(F)c(F)c2)no1. The van der Waals surface area contributed by atoms with E-state index in [1.54, 1.807) is 0 Å². The average molecular weight is 339 g/mol. The minimum Gasteiger partial charge on any atom is -0.391 e. The number of methoxy groups -OCH3 is 1. The Hall–Kier alpha value is -2.39. The number of hydrogen-bond acceptors (Lipinski definition) is 6. The molecule has 1 fully saturated rings. The van der Waals surface area contributed by atoms with Crippen molar-refractivity contribution in [2.45, 2.75) is 25.2 Å². The van der Waals surface area contributed by atoms with E-state index in [1.165, 1.54) is 18.1 Å². The molecule has 2 atom stereocenters. The first-order chi connectivity index (χ1) is 11.5. The molecule has 3 rings (SSSR count). The first kappa shape index (κ1) is 16.5. The third-order valence-electron chi connectivity index (χ3n) is 3.80. The molecule has 128 valence electrons. The Morgan fingerprint density at radius 3 is 2.96 bits per heavy atom. The van der Waals surface area contributed by atoms with Crippen LogP contribution in [0.3, 0.4) is 0 Å². The lowest BCUT2D eigenvalue weighted by atomic mass is 10.0. The molecule has 24 heavy (non-hydrogen) atoms. The van der Waals surface area contributed by atoms with Crippen LogP contribution in [0, 0.1) is 11.6 Å². The van der Waals surface area contributed by atoms with E-state index >= 15 is 0 Å². The van der Waals surface area contributed by atoms with E-state index in [-0.39, 0.29) is 31.3 Å². The van der Waals surface area contributed by atoms with Crippen molar-refractivity contribution in [2.24, 2.45) is 0 Å². The van der Waals surface area contributed by atoms with E-state index in [9.17, 15) is 18.7 Å². The number of hydrogen-bond donors (Lipinski definition) is 1. The Labute approximate surface area is 135 Å². The molecule has 1 aromatic carbocycles. The minimum absolute atomic E-state index is 0.0383. The number of rotatable bonds is 4. The van der Waals surface area contributed by atoms with Crippen LogP contribution in [0.1, 0.15) is 34.5 Å². The van der Waals surface area contributed by atoms with Gasteiger partial charge in [0, 0.05) is 13.7 Å². The van der Waals surface area contributed by atoms with Gasteiger partial charge in [0.1, 0.15) is 6.61 Å². The number of aliphatic hydroxyl groups excluding tert-OH is 1. The molecule has 9 heteroatoms. The number of aliphatic hydroxyl groups is 1. The van der Waals surface area contributed by atoms with E-state index < -0.39 is 29.7 Å². The number of β-amino-alcohol motifs (C(OH)–C–C–N with tert-alkyl or cyclic N) is 1. The number of benzene rings is 1. The van der Waals surface area contributed by atoms with Crippen LogP contribution < -0.4 is 0 Å². The van der Waals surface area contributed by atoms with E-state index in [2.05, 4.69) is 10.1 Å². The first-order valence-corrected chi connectivity index (χ1v) is 7.25. The number of carbonyl (C=O) groups excluding carboxylic acids is 1. The summed E-state index contributed by atoms with van der Waals surface area (Å²) in [5.74, 6) is -2.58. The molecule has 0 saturated carbocycles. The summed E-state index contributed by atoms with van der Waals surface area (Å²) in [5, 5.41) is 13.5. The van der Waals surface area contributed by atoms with Crippen LogP contribution >= 0.6 is 0 Å². The number of amides is 1. The Balaban J connectivity index is 1.86. The topological polar surface area (TPSA) is 88.7 Å². The molecule has 0 aliphatic carbocycles. The van der Waals surface area contributed by atoms with Crippen LogP contribution in [0.2, 0.25) is 0 Å². The highest BCUT2D eigenvalue weighted by Gasteiger charge is 2.37. The average Bonchev–Trinajstić information content (AvgIpc) is 3.16. The monoisotopic (exact) mass is 339 g/mol. The third-order valence-corrected chi connectivity index (χ3v) is 3.80. The molecule has 0 spiro atoms. The summed E-state index contributed by atoms with van der Waals surface area (Å²) in [6.45, 7) is 0.103. The number of aromatic nitrogens is 2. The van der Waals surface area contributed by atoms with Gasteiger partial charge in [-0.25, -0.2) is 8.78 Å².